The van der Waals surface area contributed by atoms with E-state index in [9.17, 15) is 0 Å². The Bertz CT molecular complexity index is 5650. The Morgan fingerprint density at radius 1 is 0.195 bits per heavy atom. The number of hydrogen-bond donors (Lipinski definition) is 0. The Morgan fingerprint density at radius 3 is 1.32 bits per heavy atom. The average Bonchev–Trinajstić information content (AvgIpc) is 3.59. The smallest absolute Gasteiger partial charge is 0.160 e. The number of fused-ring (bicyclic) bond motifs is 7. The van der Waals surface area contributed by atoms with Gasteiger partial charge in [-0.15, -0.1) is 0 Å². The standard InChI is InChI=1S/C79H45N3/c1-2-16-58-56(11-1)43-68(61-18-4-3-17-60(58)61)46-23-33-55(34-24-46)79-81-77(54-31-29-53(30-32-54)76-67-21-6-5-19-62(67)64-20-7-8-22-71(64)80-76)70-45-57(59-39-35-51-27-25-47-12-9-14-49-37-41-65(59)74(51)72(47)49)44-69(78(70)82-79)63-40-36-52-28-26-48-13-10-15-50-38-42-66(63)75(52)73(48)50/h1-45H. The molecule has 0 amide bonds. The third-order valence-corrected chi connectivity index (χ3v) is 17.7. The molecule has 3 heteroatoms. The van der Waals surface area contributed by atoms with Gasteiger partial charge in [-0.05, 0) is 144 Å². The largest absolute Gasteiger partial charge is 0.247 e. The van der Waals surface area contributed by atoms with Gasteiger partial charge in [-0.1, -0.05) is 249 Å². The molecule has 18 rings (SSSR count). The van der Waals surface area contributed by atoms with Gasteiger partial charge >= 0.3 is 0 Å². The maximum absolute atomic E-state index is 5.78. The summed E-state index contributed by atoms with van der Waals surface area (Å²) >= 11 is 0. The first-order chi connectivity index (χ1) is 40.6. The third-order valence-electron chi connectivity index (χ3n) is 17.7. The van der Waals surface area contributed by atoms with E-state index in [1.54, 1.807) is 0 Å². The van der Waals surface area contributed by atoms with Crippen LogP contribution in [0, 0.1) is 0 Å². The summed E-state index contributed by atoms with van der Waals surface area (Å²) in [5, 5.41) is 24.4. The molecule has 16 aromatic carbocycles. The molecule has 0 spiro atoms. The minimum atomic E-state index is 0.665. The topological polar surface area (TPSA) is 38.7 Å². The fourth-order valence-electron chi connectivity index (χ4n) is 13.9. The second kappa shape index (κ2) is 17.3. The molecule has 0 aliphatic rings. The summed E-state index contributed by atoms with van der Waals surface area (Å²) in [5.74, 6) is 0.665. The highest BCUT2D eigenvalue weighted by molar-refractivity contribution is 6.28. The van der Waals surface area contributed by atoms with Crippen molar-refractivity contribution in [1.82, 2.24) is 15.0 Å². The van der Waals surface area contributed by atoms with E-state index < -0.39 is 0 Å². The zero-order valence-electron chi connectivity index (χ0n) is 44.3. The molecule has 0 N–H and O–H groups in total. The molecule has 0 saturated heterocycles. The van der Waals surface area contributed by atoms with Gasteiger partial charge in [0.1, 0.15) is 0 Å². The number of benzene rings is 16. The predicted octanol–water partition coefficient (Wildman–Crippen LogP) is 21.4. The lowest BCUT2D eigenvalue weighted by molar-refractivity contribution is 1.23. The van der Waals surface area contributed by atoms with E-state index in [4.69, 9.17) is 15.0 Å². The van der Waals surface area contributed by atoms with Gasteiger partial charge in [0.15, 0.2) is 5.82 Å². The van der Waals surface area contributed by atoms with Gasteiger partial charge in [0, 0.05) is 38.4 Å². The van der Waals surface area contributed by atoms with E-state index in [-0.39, 0.29) is 0 Å². The Kier molecular flexibility index (Phi) is 9.51. The number of rotatable bonds is 6. The number of hydrogen-bond acceptors (Lipinski definition) is 3. The van der Waals surface area contributed by atoms with Gasteiger partial charge in [0.2, 0.25) is 0 Å². The van der Waals surface area contributed by atoms with Crippen molar-refractivity contribution in [3.05, 3.63) is 273 Å². The van der Waals surface area contributed by atoms with Crippen molar-refractivity contribution in [3.63, 3.8) is 0 Å². The molecule has 3 nitrogen and oxygen atoms in total. The minimum absolute atomic E-state index is 0.665. The highest BCUT2D eigenvalue weighted by Gasteiger charge is 2.23. The second-order valence-electron chi connectivity index (χ2n) is 22.1. The van der Waals surface area contributed by atoms with Crippen LogP contribution in [0.15, 0.2) is 273 Å². The van der Waals surface area contributed by atoms with Gasteiger partial charge in [0.05, 0.1) is 22.4 Å². The summed E-state index contributed by atoms with van der Waals surface area (Å²) in [4.78, 5) is 16.8. The van der Waals surface area contributed by atoms with Gasteiger partial charge in [-0.3, -0.25) is 0 Å². The van der Waals surface area contributed by atoms with Crippen LogP contribution in [-0.2, 0) is 0 Å². The number of para-hydroxylation sites is 1. The monoisotopic (exact) mass is 1040 g/mol. The minimum Gasteiger partial charge on any atom is -0.247 e. The van der Waals surface area contributed by atoms with Crippen LogP contribution >= 0.6 is 0 Å². The van der Waals surface area contributed by atoms with Gasteiger partial charge in [-0.2, -0.15) is 0 Å². The molecular weight excluding hydrogens is 991 g/mol. The summed E-state index contributed by atoms with van der Waals surface area (Å²) in [6.07, 6.45) is 0. The lowest BCUT2D eigenvalue weighted by Gasteiger charge is -2.19. The maximum atomic E-state index is 5.78. The highest BCUT2D eigenvalue weighted by atomic mass is 14.9. The Balaban J connectivity index is 0.910. The summed E-state index contributed by atoms with van der Waals surface area (Å²) in [6, 6.07) is 100. The first-order valence-corrected chi connectivity index (χ1v) is 28.2. The molecule has 0 atom stereocenters. The maximum Gasteiger partial charge on any atom is 0.160 e. The zero-order chi connectivity index (χ0) is 53.6. The van der Waals surface area contributed by atoms with Crippen molar-refractivity contribution in [3.8, 4) is 67.3 Å². The molecule has 2 aromatic heterocycles. The molecule has 2 heterocycles. The van der Waals surface area contributed by atoms with Crippen LogP contribution in [0.4, 0.5) is 0 Å². The van der Waals surface area contributed by atoms with Crippen molar-refractivity contribution in [2.45, 2.75) is 0 Å². The molecule has 0 radical (unpaired) electrons. The molecule has 0 fully saturated rings. The Morgan fingerprint density at radius 2 is 0.659 bits per heavy atom. The quantitative estimate of drug-likeness (QED) is 0.156. The van der Waals surface area contributed by atoms with E-state index in [1.807, 2.05) is 0 Å². The molecule has 0 aliphatic heterocycles. The highest BCUT2D eigenvalue weighted by Crippen LogP contribution is 2.47. The number of aromatic nitrogens is 3. The molecular formula is C79H45N3. The van der Waals surface area contributed by atoms with E-state index in [0.717, 1.165) is 77.5 Å². The third kappa shape index (κ3) is 6.68. The Labute approximate surface area is 471 Å². The zero-order valence-corrected chi connectivity index (χ0v) is 44.3. The number of pyridine rings is 1. The molecule has 18 aromatic rings. The second-order valence-corrected chi connectivity index (χ2v) is 22.1. The van der Waals surface area contributed by atoms with Gasteiger partial charge in [0.25, 0.3) is 0 Å². The first kappa shape index (κ1) is 45.0. The summed E-state index contributed by atoms with van der Waals surface area (Å²) in [5.41, 5.74) is 13.5. The van der Waals surface area contributed by atoms with Gasteiger partial charge < -0.3 is 0 Å². The van der Waals surface area contributed by atoms with Crippen molar-refractivity contribution in [1.29, 1.82) is 0 Å². The van der Waals surface area contributed by atoms with Crippen LogP contribution in [0.25, 0.3) is 186 Å². The van der Waals surface area contributed by atoms with E-state index >= 15 is 0 Å². The first-order valence-electron chi connectivity index (χ1n) is 28.2. The number of nitrogens with zero attached hydrogens (tertiary/aromatic N) is 3. The van der Waals surface area contributed by atoms with Crippen LogP contribution in [0.2, 0.25) is 0 Å². The van der Waals surface area contributed by atoms with Crippen LogP contribution in [0.3, 0.4) is 0 Å². The summed E-state index contributed by atoms with van der Waals surface area (Å²) in [6.45, 7) is 0. The summed E-state index contributed by atoms with van der Waals surface area (Å²) in [7, 11) is 0. The molecule has 0 aliphatic carbocycles. The van der Waals surface area contributed by atoms with Crippen molar-refractivity contribution in [2.75, 3.05) is 0 Å². The van der Waals surface area contributed by atoms with Crippen molar-refractivity contribution >= 4 is 119 Å². The average molecular weight is 1040 g/mol. The molecule has 0 saturated carbocycles. The van der Waals surface area contributed by atoms with Crippen molar-refractivity contribution < 1.29 is 0 Å². The fraction of sp³-hybridized carbons (Fsp3) is 0. The van der Waals surface area contributed by atoms with E-state index in [2.05, 4.69) is 273 Å². The Hall–Kier alpha value is -10.9. The normalized spacial score (nSPS) is 12.1. The van der Waals surface area contributed by atoms with Crippen LogP contribution < -0.4 is 0 Å². The van der Waals surface area contributed by atoms with Crippen LogP contribution in [-0.4, -0.2) is 15.0 Å². The molecule has 0 bridgehead atoms. The van der Waals surface area contributed by atoms with Gasteiger partial charge in [-0.25, -0.2) is 15.0 Å². The molecule has 376 valence electrons. The van der Waals surface area contributed by atoms with E-state index in [0.29, 0.717) is 5.82 Å². The molecule has 82 heavy (non-hydrogen) atoms. The SMILES string of the molecule is c1ccc2c(c1)cc(-c1ccc(-c3nc(-c4ccc(-c5nc6ccccc6c6ccccc56)cc4)c4cc(-c5ccc6ccc7cccc8ccc5c6c78)cc(-c5ccc6ccc7cccc8ccc5c6c78)c4n3)cc1)c1ccccc12. The van der Waals surface area contributed by atoms with E-state index in [1.165, 1.54) is 103 Å². The predicted molar refractivity (Wildman–Crippen MR) is 347 cm³/mol. The molecule has 0 unspecified atom stereocenters. The van der Waals surface area contributed by atoms with Crippen molar-refractivity contribution in [2.24, 2.45) is 0 Å². The van der Waals surface area contributed by atoms with Crippen LogP contribution in [0.1, 0.15) is 0 Å². The lowest BCUT2D eigenvalue weighted by Crippen LogP contribution is -1.99. The van der Waals surface area contributed by atoms with Crippen LogP contribution in [0.5, 0.6) is 0 Å². The fourth-order valence-corrected chi connectivity index (χ4v) is 13.9. The summed E-state index contributed by atoms with van der Waals surface area (Å²) < 4.78 is 0. The lowest BCUT2D eigenvalue weighted by atomic mass is 9.86.